The van der Waals surface area contributed by atoms with Crippen LogP contribution in [0.4, 0.5) is 0 Å². The number of nitrogens with zero attached hydrogens (tertiary/aromatic N) is 1. The average molecular weight is 359 g/mol. The fourth-order valence-corrected chi connectivity index (χ4v) is 2.41. The van der Waals surface area contributed by atoms with Crippen LogP contribution in [0, 0.1) is 0 Å². The van der Waals surface area contributed by atoms with Crippen molar-refractivity contribution in [2.45, 2.75) is 32.6 Å². The summed E-state index contributed by atoms with van der Waals surface area (Å²) in [4.78, 5) is 12.0. The van der Waals surface area contributed by atoms with E-state index in [1.165, 1.54) is 0 Å². The van der Waals surface area contributed by atoms with Crippen LogP contribution < -0.4 is 10.2 Å². The predicted octanol–water partition coefficient (Wildman–Crippen LogP) is 4.82. The molecule has 0 aliphatic carbocycles. The van der Waals surface area contributed by atoms with Gasteiger partial charge in [-0.3, -0.25) is 4.79 Å². The third-order valence-electron chi connectivity index (χ3n) is 3.62. The van der Waals surface area contributed by atoms with Crippen LogP contribution in [0.2, 0.25) is 5.02 Å². The number of rotatable bonds is 9. The minimum Gasteiger partial charge on any atom is -0.484 e. The normalized spacial score (nSPS) is 11.2. The lowest BCUT2D eigenvalue weighted by Gasteiger charge is -2.08. The van der Waals surface area contributed by atoms with E-state index in [1.807, 2.05) is 30.3 Å². The number of nitrogens with one attached hydrogen (secondary N) is 1. The van der Waals surface area contributed by atoms with Gasteiger partial charge in [0.2, 0.25) is 0 Å². The molecule has 1 N–H and O–H groups in total. The molecule has 4 nitrogen and oxygen atoms in total. The Hall–Kier alpha value is -2.33. The van der Waals surface area contributed by atoms with Crippen molar-refractivity contribution in [1.29, 1.82) is 0 Å². The molecule has 2 rings (SSSR count). The number of hydrogen-bond donors (Lipinski definition) is 1. The second kappa shape index (κ2) is 10.5. The summed E-state index contributed by atoms with van der Waals surface area (Å²) in [5.74, 6) is 0.300. The molecule has 0 atom stereocenters. The maximum Gasteiger partial charge on any atom is 0.277 e. The summed E-state index contributed by atoms with van der Waals surface area (Å²) in [6.45, 7) is 2.07. The van der Waals surface area contributed by atoms with Gasteiger partial charge in [-0.25, -0.2) is 5.43 Å². The van der Waals surface area contributed by atoms with Crippen molar-refractivity contribution in [2.24, 2.45) is 5.10 Å². The molecule has 0 aliphatic heterocycles. The quantitative estimate of drug-likeness (QED) is 0.397. The smallest absolute Gasteiger partial charge is 0.277 e. The van der Waals surface area contributed by atoms with Crippen molar-refractivity contribution in [2.75, 3.05) is 6.61 Å². The van der Waals surface area contributed by atoms with E-state index in [0.717, 1.165) is 37.0 Å². The zero-order chi connectivity index (χ0) is 17.9. The molecule has 5 heteroatoms. The van der Waals surface area contributed by atoms with Gasteiger partial charge in [-0.05, 0) is 42.7 Å². The highest BCUT2D eigenvalue weighted by Gasteiger charge is 2.06. The van der Waals surface area contributed by atoms with Gasteiger partial charge in [0.05, 0.1) is 5.71 Å². The molecule has 25 heavy (non-hydrogen) atoms. The molecule has 0 saturated carbocycles. The third kappa shape index (κ3) is 6.98. The van der Waals surface area contributed by atoms with Gasteiger partial charge >= 0.3 is 0 Å². The van der Waals surface area contributed by atoms with E-state index in [4.69, 9.17) is 16.3 Å². The van der Waals surface area contributed by atoms with E-state index in [1.54, 1.807) is 24.3 Å². The molecule has 0 aromatic heterocycles. The lowest BCUT2D eigenvalue weighted by atomic mass is 10.0. The highest BCUT2D eigenvalue weighted by molar-refractivity contribution is 6.30. The number of hydrazone groups is 1. The SMILES string of the molecule is CCCCC/C(=N/NC(=O)COc1ccc(Cl)cc1)c1ccccc1. The van der Waals surface area contributed by atoms with Crippen LogP contribution in [-0.4, -0.2) is 18.2 Å². The van der Waals surface area contributed by atoms with Gasteiger partial charge < -0.3 is 4.74 Å². The number of amides is 1. The van der Waals surface area contributed by atoms with E-state index in [9.17, 15) is 4.79 Å². The number of carbonyl (C=O) groups is 1. The van der Waals surface area contributed by atoms with Crippen molar-refractivity contribution < 1.29 is 9.53 Å². The van der Waals surface area contributed by atoms with Crippen molar-refractivity contribution in [3.63, 3.8) is 0 Å². The Morgan fingerprint density at radius 1 is 1.08 bits per heavy atom. The summed E-state index contributed by atoms with van der Waals surface area (Å²) in [5, 5.41) is 4.93. The Morgan fingerprint density at radius 2 is 1.80 bits per heavy atom. The molecule has 0 radical (unpaired) electrons. The average Bonchev–Trinajstić information content (AvgIpc) is 2.65. The second-order valence-electron chi connectivity index (χ2n) is 5.66. The van der Waals surface area contributed by atoms with Crippen LogP contribution in [-0.2, 0) is 4.79 Å². The zero-order valence-corrected chi connectivity index (χ0v) is 15.1. The summed E-state index contributed by atoms with van der Waals surface area (Å²) in [6.07, 6.45) is 4.15. The molecule has 0 saturated heterocycles. The number of ether oxygens (including phenoxy) is 1. The van der Waals surface area contributed by atoms with E-state index < -0.39 is 0 Å². The monoisotopic (exact) mass is 358 g/mol. The van der Waals surface area contributed by atoms with Gasteiger partial charge in [0.15, 0.2) is 6.61 Å². The van der Waals surface area contributed by atoms with E-state index in [-0.39, 0.29) is 12.5 Å². The number of unbranched alkanes of at least 4 members (excludes halogenated alkanes) is 2. The Labute approximate surface area is 153 Å². The number of halogens is 1. The summed E-state index contributed by atoms with van der Waals surface area (Å²) in [5.41, 5.74) is 4.50. The molecule has 1 amide bonds. The van der Waals surface area contributed by atoms with Crippen LogP contribution in [0.25, 0.3) is 0 Å². The molecule has 0 heterocycles. The lowest BCUT2D eigenvalue weighted by molar-refractivity contribution is -0.123. The first kappa shape index (κ1) is 19.0. The van der Waals surface area contributed by atoms with Crippen LogP contribution in [0.15, 0.2) is 59.7 Å². The van der Waals surface area contributed by atoms with Crippen LogP contribution >= 0.6 is 11.6 Å². The number of benzene rings is 2. The van der Waals surface area contributed by atoms with Gasteiger partial charge in [-0.2, -0.15) is 5.10 Å². The highest BCUT2D eigenvalue weighted by atomic mass is 35.5. The Morgan fingerprint density at radius 3 is 2.48 bits per heavy atom. The Bertz CT molecular complexity index is 685. The fourth-order valence-electron chi connectivity index (χ4n) is 2.28. The molecule has 2 aromatic carbocycles. The molecule has 0 unspecified atom stereocenters. The van der Waals surface area contributed by atoms with Crippen molar-refractivity contribution in [1.82, 2.24) is 5.43 Å². The van der Waals surface area contributed by atoms with Crippen LogP contribution in [0.3, 0.4) is 0 Å². The minimum absolute atomic E-state index is 0.0951. The van der Waals surface area contributed by atoms with Crippen LogP contribution in [0.5, 0.6) is 5.75 Å². The summed E-state index contributed by atoms with van der Waals surface area (Å²) < 4.78 is 5.42. The molecule has 0 fully saturated rings. The highest BCUT2D eigenvalue weighted by Crippen LogP contribution is 2.15. The van der Waals surface area contributed by atoms with Crippen molar-refractivity contribution in [3.05, 3.63) is 65.2 Å². The topological polar surface area (TPSA) is 50.7 Å². The van der Waals surface area contributed by atoms with E-state index >= 15 is 0 Å². The molecule has 0 aliphatic rings. The zero-order valence-electron chi connectivity index (χ0n) is 14.4. The first-order chi connectivity index (χ1) is 12.2. The number of carbonyl (C=O) groups excluding carboxylic acids is 1. The molecule has 132 valence electrons. The predicted molar refractivity (Wildman–Crippen MR) is 102 cm³/mol. The van der Waals surface area contributed by atoms with Gasteiger partial charge in [0.25, 0.3) is 5.91 Å². The third-order valence-corrected chi connectivity index (χ3v) is 3.88. The largest absolute Gasteiger partial charge is 0.484 e. The Kier molecular flexibility index (Phi) is 7.99. The minimum atomic E-state index is -0.293. The summed E-state index contributed by atoms with van der Waals surface area (Å²) >= 11 is 5.82. The molecule has 0 bridgehead atoms. The molecular formula is C20H23ClN2O2. The molecular weight excluding hydrogens is 336 g/mol. The number of hydrogen-bond acceptors (Lipinski definition) is 3. The maximum atomic E-state index is 12.0. The lowest BCUT2D eigenvalue weighted by Crippen LogP contribution is -2.26. The van der Waals surface area contributed by atoms with Gasteiger partial charge in [0.1, 0.15) is 5.75 Å². The van der Waals surface area contributed by atoms with E-state index in [0.29, 0.717) is 10.8 Å². The van der Waals surface area contributed by atoms with Gasteiger partial charge in [-0.15, -0.1) is 0 Å². The van der Waals surface area contributed by atoms with Crippen LogP contribution in [0.1, 0.15) is 38.2 Å². The first-order valence-corrected chi connectivity index (χ1v) is 8.86. The molecule has 2 aromatic rings. The van der Waals surface area contributed by atoms with Gasteiger partial charge in [0, 0.05) is 5.02 Å². The standard InChI is InChI=1S/C20H23ClN2O2/c1-2-3-5-10-19(16-8-6-4-7-9-16)22-23-20(24)15-25-18-13-11-17(21)12-14-18/h4,6-9,11-14H,2-3,5,10,15H2,1H3,(H,23,24)/b22-19-. The van der Waals surface area contributed by atoms with Crippen molar-refractivity contribution in [3.8, 4) is 5.75 Å². The van der Waals surface area contributed by atoms with Crippen molar-refractivity contribution >= 4 is 23.2 Å². The Balaban J connectivity index is 1.91. The summed E-state index contributed by atoms with van der Waals surface area (Å²) in [7, 11) is 0. The molecule has 0 spiro atoms. The van der Waals surface area contributed by atoms with Gasteiger partial charge in [-0.1, -0.05) is 61.7 Å². The maximum absolute atomic E-state index is 12.0. The summed E-state index contributed by atoms with van der Waals surface area (Å²) in [6, 6.07) is 16.8. The van der Waals surface area contributed by atoms with E-state index in [2.05, 4.69) is 17.5 Å². The second-order valence-corrected chi connectivity index (χ2v) is 6.10. The first-order valence-electron chi connectivity index (χ1n) is 8.48. The fraction of sp³-hybridized carbons (Fsp3) is 0.300.